The fourth-order valence-corrected chi connectivity index (χ4v) is 2.51. The fraction of sp³-hybridized carbons (Fsp3) is 0.923. The molecule has 1 unspecified atom stereocenters. The predicted octanol–water partition coefficient (Wildman–Crippen LogP) is 1.56. The zero-order valence-electron chi connectivity index (χ0n) is 11.3. The van der Waals surface area contributed by atoms with Gasteiger partial charge in [-0.1, -0.05) is 20.8 Å². The molecule has 0 bridgehead atoms. The predicted molar refractivity (Wildman–Crippen MR) is 69.2 cm³/mol. The Balaban J connectivity index is 2.47. The number of carbonyl (C=O) groups is 1. The molecule has 0 saturated heterocycles. The van der Waals surface area contributed by atoms with Gasteiger partial charge in [0.1, 0.15) is 5.54 Å². The lowest BCUT2D eigenvalue weighted by Crippen LogP contribution is -2.55. The van der Waals surface area contributed by atoms with Gasteiger partial charge in [-0.05, 0) is 38.3 Å². The van der Waals surface area contributed by atoms with Crippen LogP contribution in [0, 0.1) is 5.92 Å². The Labute approximate surface area is 104 Å². The summed E-state index contributed by atoms with van der Waals surface area (Å²) in [5.74, 6) is -0.344. The maximum absolute atomic E-state index is 11.5. The number of hydrogen-bond acceptors (Lipinski definition) is 3. The van der Waals surface area contributed by atoms with Crippen LogP contribution in [-0.4, -0.2) is 47.7 Å². The molecule has 1 fully saturated rings. The second kappa shape index (κ2) is 6.36. The monoisotopic (exact) mass is 242 g/mol. The minimum Gasteiger partial charge on any atom is -0.480 e. The molecule has 1 aliphatic rings. The first-order valence-corrected chi connectivity index (χ1v) is 6.81. The third-order valence-electron chi connectivity index (χ3n) is 3.98. The van der Waals surface area contributed by atoms with Crippen molar-refractivity contribution in [1.29, 1.82) is 0 Å². The van der Waals surface area contributed by atoms with E-state index in [1.807, 2.05) is 6.92 Å². The van der Waals surface area contributed by atoms with E-state index in [0.717, 1.165) is 39.0 Å². The van der Waals surface area contributed by atoms with Crippen LogP contribution in [0.4, 0.5) is 0 Å². The Morgan fingerprint density at radius 1 is 1.35 bits per heavy atom. The van der Waals surface area contributed by atoms with Gasteiger partial charge in [0.05, 0.1) is 0 Å². The Morgan fingerprint density at radius 3 is 2.29 bits per heavy atom. The first kappa shape index (κ1) is 14.5. The average molecular weight is 242 g/mol. The molecule has 0 amide bonds. The summed E-state index contributed by atoms with van der Waals surface area (Å²) < 4.78 is 0. The van der Waals surface area contributed by atoms with E-state index in [1.165, 1.54) is 0 Å². The molecule has 1 aliphatic carbocycles. The van der Waals surface area contributed by atoms with Crippen LogP contribution in [0.3, 0.4) is 0 Å². The number of likely N-dealkylation sites (N-methyl/N-ethyl adjacent to an activating group) is 1. The van der Waals surface area contributed by atoms with Crippen LogP contribution >= 0.6 is 0 Å². The van der Waals surface area contributed by atoms with Crippen LogP contribution in [0.2, 0.25) is 0 Å². The van der Waals surface area contributed by atoms with E-state index in [2.05, 4.69) is 24.1 Å². The molecule has 100 valence electrons. The highest BCUT2D eigenvalue weighted by Gasteiger charge is 2.49. The van der Waals surface area contributed by atoms with Gasteiger partial charge in [-0.15, -0.1) is 0 Å². The molecule has 1 rings (SSSR count). The van der Waals surface area contributed by atoms with Crippen LogP contribution in [0.1, 0.15) is 40.0 Å². The third-order valence-corrected chi connectivity index (χ3v) is 3.98. The zero-order valence-corrected chi connectivity index (χ0v) is 11.3. The smallest absolute Gasteiger partial charge is 0.324 e. The van der Waals surface area contributed by atoms with Gasteiger partial charge in [-0.25, -0.2) is 0 Å². The van der Waals surface area contributed by atoms with Crippen molar-refractivity contribution in [2.24, 2.45) is 5.92 Å². The molecule has 0 radical (unpaired) electrons. The van der Waals surface area contributed by atoms with Gasteiger partial charge in [-0.2, -0.15) is 0 Å². The quantitative estimate of drug-likeness (QED) is 0.644. The number of rotatable bonds is 9. The van der Waals surface area contributed by atoms with Gasteiger partial charge in [0, 0.05) is 13.1 Å². The number of aliphatic carboxylic acids is 1. The van der Waals surface area contributed by atoms with Crippen LogP contribution in [0.15, 0.2) is 0 Å². The van der Waals surface area contributed by atoms with Gasteiger partial charge >= 0.3 is 5.97 Å². The van der Waals surface area contributed by atoms with Crippen molar-refractivity contribution in [3.8, 4) is 0 Å². The molecule has 0 aromatic carbocycles. The highest BCUT2D eigenvalue weighted by atomic mass is 16.4. The van der Waals surface area contributed by atoms with Crippen LogP contribution in [0.5, 0.6) is 0 Å². The fourth-order valence-electron chi connectivity index (χ4n) is 2.51. The lowest BCUT2D eigenvalue weighted by atomic mass is 9.90. The van der Waals surface area contributed by atoms with Crippen molar-refractivity contribution in [2.75, 3.05) is 26.2 Å². The van der Waals surface area contributed by atoms with Crippen molar-refractivity contribution >= 4 is 5.97 Å². The van der Waals surface area contributed by atoms with Gasteiger partial charge < -0.3 is 15.3 Å². The molecular weight excluding hydrogens is 216 g/mol. The number of carboxylic acids is 1. The van der Waals surface area contributed by atoms with Crippen LogP contribution < -0.4 is 5.32 Å². The Kier molecular flexibility index (Phi) is 5.40. The topological polar surface area (TPSA) is 52.6 Å². The van der Waals surface area contributed by atoms with E-state index in [0.29, 0.717) is 12.3 Å². The van der Waals surface area contributed by atoms with E-state index >= 15 is 0 Å². The summed E-state index contributed by atoms with van der Waals surface area (Å²) in [6.45, 7) is 9.97. The lowest BCUT2D eigenvalue weighted by Gasteiger charge is -2.31. The molecule has 17 heavy (non-hydrogen) atoms. The Morgan fingerprint density at radius 2 is 1.94 bits per heavy atom. The average Bonchev–Trinajstić information content (AvgIpc) is 3.14. The van der Waals surface area contributed by atoms with Crippen molar-refractivity contribution in [1.82, 2.24) is 10.2 Å². The normalized spacial score (nSPS) is 19.3. The van der Waals surface area contributed by atoms with Crippen LogP contribution in [0.25, 0.3) is 0 Å². The zero-order chi connectivity index (χ0) is 12.9. The lowest BCUT2D eigenvalue weighted by molar-refractivity contribution is -0.146. The number of nitrogens with one attached hydrogen (secondary N) is 1. The van der Waals surface area contributed by atoms with Gasteiger partial charge in [-0.3, -0.25) is 4.79 Å². The SMILES string of the molecule is CCN(CC)CCNC(CC)(C(=O)O)C1CC1. The first-order chi connectivity index (χ1) is 8.10. The molecule has 1 saturated carbocycles. The molecule has 0 aliphatic heterocycles. The Hall–Kier alpha value is -0.610. The maximum Gasteiger partial charge on any atom is 0.324 e. The third kappa shape index (κ3) is 3.42. The molecule has 0 heterocycles. The van der Waals surface area contributed by atoms with Gasteiger partial charge in [0.2, 0.25) is 0 Å². The summed E-state index contributed by atoms with van der Waals surface area (Å²) in [5.41, 5.74) is -0.673. The Bertz CT molecular complexity index is 250. The summed E-state index contributed by atoms with van der Waals surface area (Å²) in [4.78, 5) is 13.8. The first-order valence-electron chi connectivity index (χ1n) is 6.81. The van der Waals surface area contributed by atoms with E-state index in [1.54, 1.807) is 0 Å². The standard InChI is InChI=1S/C13H26N2O2/c1-4-13(12(16)17,11-7-8-11)14-9-10-15(5-2)6-3/h11,14H,4-10H2,1-3H3,(H,16,17). The molecule has 0 aromatic heterocycles. The molecule has 0 spiro atoms. The summed E-state index contributed by atoms with van der Waals surface area (Å²) in [6, 6.07) is 0. The van der Waals surface area contributed by atoms with E-state index < -0.39 is 11.5 Å². The number of nitrogens with zero attached hydrogens (tertiary/aromatic N) is 1. The minimum absolute atomic E-state index is 0.335. The van der Waals surface area contributed by atoms with Crippen molar-refractivity contribution in [2.45, 2.75) is 45.6 Å². The van der Waals surface area contributed by atoms with E-state index in [4.69, 9.17) is 0 Å². The number of hydrogen-bond donors (Lipinski definition) is 2. The second-order valence-corrected chi connectivity index (χ2v) is 4.86. The van der Waals surface area contributed by atoms with Crippen molar-refractivity contribution < 1.29 is 9.90 Å². The molecule has 2 N–H and O–H groups in total. The summed E-state index contributed by atoms with van der Waals surface area (Å²) in [5, 5.41) is 12.7. The second-order valence-electron chi connectivity index (χ2n) is 4.86. The van der Waals surface area contributed by atoms with Crippen LogP contribution in [-0.2, 0) is 4.79 Å². The highest BCUT2D eigenvalue weighted by Crippen LogP contribution is 2.41. The summed E-state index contributed by atoms with van der Waals surface area (Å²) in [7, 11) is 0. The van der Waals surface area contributed by atoms with Gasteiger partial charge in [0.25, 0.3) is 0 Å². The van der Waals surface area contributed by atoms with E-state index in [9.17, 15) is 9.90 Å². The molecule has 0 aromatic rings. The highest BCUT2D eigenvalue weighted by molar-refractivity contribution is 5.79. The molecule has 4 nitrogen and oxygen atoms in total. The van der Waals surface area contributed by atoms with Crippen molar-refractivity contribution in [3.05, 3.63) is 0 Å². The largest absolute Gasteiger partial charge is 0.480 e. The van der Waals surface area contributed by atoms with Gasteiger partial charge in [0.15, 0.2) is 0 Å². The summed E-state index contributed by atoms with van der Waals surface area (Å²) >= 11 is 0. The molecular formula is C13H26N2O2. The number of carboxylic acid groups (broad SMARTS) is 1. The minimum atomic E-state index is -0.679. The van der Waals surface area contributed by atoms with E-state index in [-0.39, 0.29) is 0 Å². The maximum atomic E-state index is 11.5. The summed E-state index contributed by atoms with van der Waals surface area (Å²) in [6.07, 6.45) is 2.78. The molecule has 1 atom stereocenters. The van der Waals surface area contributed by atoms with Crippen molar-refractivity contribution in [3.63, 3.8) is 0 Å². The molecule has 4 heteroatoms.